The Morgan fingerprint density at radius 2 is 1.62 bits per heavy atom. The third-order valence-electron chi connectivity index (χ3n) is 1.39. The van der Waals surface area contributed by atoms with E-state index in [1.165, 1.54) is 6.42 Å². The molecule has 0 aromatic carbocycles. The normalized spacial score (nSPS) is 15.4. The fourth-order valence-corrected chi connectivity index (χ4v) is 0.823. The first-order valence-electron chi connectivity index (χ1n) is 3.93. The summed E-state index contributed by atoms with van der Waals surface area (Å²) in [5, 5.41) is 0. The maximum atomic E-state index is 3.07. The molecule has 0 aromatic heterocycles. The van der Waals surface area contributed by atoms with Crippen LogP contribution in [0.2, 0.25) is 0 Å². The van der Waals surface area contributed by atoms with Gasteiger partial charge in [-0.3, -0.25) is 12.2 Å². The average molecular weight is 351 g/mol. The Morgan fingerprint density at radius 1 is 0.923 bits per heavy atom. The molecule has 1 heteroatoms. The zero-order chi connectivity index (χ0) is 7.78. The van der Waals surface area contributed by atoms with Gasteiger partial charge in [0.05, 0.1) is 0 Å². The van der Waals surface area contributed by atoms with Crippen LogP contribution in [-0.2, 0) is 20.1 Å². The van der Waals surface area contributed by atoms with Crippen molar-refractivity contribution >= 4 is 0 Å². The van der Waals surface area contributed by atoms with Crippen LogP contribution in [0.15, 0.2) is 36.5 Å². The van der Waals surface area contributed by atoms with E-state index in [0.29, 0.717) is 0 Å². The first-order chi connectivity index (χ1) is 5.50. The summed E-state index contributed by atoms with van der Waals surface area (Å²) in [6.07, 6.45) is 21.5. The first kappa shape index (κ1) is 15.1. The smallest absolute Gasteiger partial charge is 0.358 e. The summed E-state index contributed by atoms with van der Waals surface area (Å²) in [5.74, 6) is 0. The Kier molecular flexibility index (Phi) is 13.5. The van der Waals surface area contributed by atoms with E-state index in [4.69, 9.17) is 0 Å². The van der Waals surface area contributed by atoms with Crippen molar-refractivity contribution in [2.75, 3.05) is 0 Å². The molecule has 0 unspecified atom stereocenters. The van der Waals surface area contributed by atoms with Gasteiger partial charge in [-0.05, 0) is 0 Å². The van der Waals surface area contributed by atoms with Gasteiger partial charge < -0.3 is 7.43 Å². The Morgan fingerprint density at radius 3 is 1.77 bits per heavy atom. The molecule has 2 rings (SSSR count). The summed E-state index contributed by atoms with van der Waals surface area (Å²) in [6.45, 7) is 0. The summed E-state index contributed by atoms with van der Waals surface area (Å²) in [5.41, 5.74) is 0. The van der Waals surface area contributed by atoms with Gasteiger partial charge in [-0.25, -0.2) is 24.3 Å². The van der Waals surface area contributed by atoms with Crippen molar-refractivity contribution in [2.45, 2.75) is 19.3 Å². The minimum Gasteiger partial charge on any atom is -0.358 e. The van der Waals surface area contributed by atoms with Gasteiger partial charge in [0, 0.05) is 0 Å². The molecule has 13 heavy (non-hydrogen) atoms. The van der Waals surface area contributed by atoms with Gasteiger partial charge in [0.25, 0.3) is 0 Å². The van der Waals surface area contributed by atoms with Crippen molar-refractivity contribution < 1.29 is 20.1 Å². The van der Waals surface area contributed by atoms with Crippen LogP contribution in [0, 0.1) is 19.6 Å². The van der Waals surface area contributed by atoms with E-state index in [-0.39, 0.29) is 27.5 Å². The van der Waals surface area contributed by atoms with E-state index in [1.54, 1.807) is 0 Å². The van der Waals surface area contributed by atoms with E-state index in [1.807, 2.05) is 24.3 Å². The predicted molar refractivity (Wildman–Crippen MR) is 54.2 cm³/mol. The molecule has 0 radical (unpaired) electrons. The van der Waals surface area contributed by atoms with Crippen molar-refractivity contribution in [3.63, 3.8) is 0 Å². The standard InChI is InChI=1S/C6H7.C5H5.CH3.Ir/c1-2-4-6-5-3-1;1-2-4-5-3-1;;/h1-3H,4,6H2;1-3H,4H2;1H3;/q3*-1;+3. The minimum absolute atomic E-state index is 0. The molecule has 0 atom stereocenters. The number of hydrogen-bond acceptors (Lipinski definition) is 0. The summed E-state index contributed by atoms with van der Waals surface area (Å²) in [4.78, 5) is 0. The predicted octanol–water partition coefficient (Wildman–Crippen LogP) is 3.45. The van der Waals surface area contributed by atoms with Crippen LogP contribution >= 0.6 is 0 Å². The molecule has 0 spiro atoms. The van der Waals surface area contributed by atoms with Crippen LogP contribution in [0.5, 0.6) is 0 Å². The zero-order valence-corrected chi connectivity index (χ0v) is 10.3. The molecule has 0 nitrogen and oxygen atoms in total. The van der Waals surface area contributed by atoms with Gasteiger partial charge in [-0.2, -0.15) is 12.2 Å². The zero-order valence-electron chi connectivity index (χ0n) is 7.92. The van der Waals surface area contributed by atoms with Crippen LogP contribution in [0.25, 0.3) is 0 Å². The monoisotopic (exact) mass is 352 g/mol. The van der Waals surface area contributed by atoms with Gasteiger partial charge in [0.15, 0.2) is 0 Å². The van der Waals surface area contributed by atoms with Crippen LogP contribution in [0.4, 0.5) is 0 Å². The first-order valence-corrected chi connectivity index (χ1v) is 3.93. The SMILES string of the molecule is [C-]1=CC=CC1.[C-]1=CC=CCC1.[CH3-].[Ir+3]. The molecule has 0 aliphatic heterocycles. The summed E-state index contributed by atoms with van der Waals surface area (Å²) in [7, 11) is 0. The molecule has 0 saturated heterocycles. The van der Waals surface area contributed by atoms with Gasteiger partial charge in [0.1, 0.15) is 0 Å². The summed E-state index contributed by atoms with van der Waals surface area (Å²) in [6, 6.07) is 0. The maximum absolute atomic E-state index is 3.07. The Hall–Kier alpha value is -0.391. The fourth-order valence-electron chi connectivity index (χ4n) is 0.823. The fraction of sp³-hybridized carbons (Fsp3) is 0.250. The molecule has 2 aliphatic rings. The topological polar surface area (TPSA) is 0 Å². The molecule has 0 aromatic rings. The second-order valence-electron chi connectivity index (χ2n) is 2.34. The largest absolute Gasteiger partial charge is 3.00 e. The Bertz CT molecular complexity index is 175. The third-order valence-corrected chi connectivity index (χ3v) is 1.39. The van der Waals surface area contributed by atoms with Gasteiger partial charge in [0.2, 0.25) is 0 Å². The molecule has 0 amide bonds. The number of allylic oxidation sites excluding steroid dienone is 8. The van der Waals surface area contributed by atoms with Crippen molar-refractivity contribution in [2.24, 2.45) is 0 Å². The average Bonchev–Trinajstić information content (AvgIpc) is 2.64. The number of hydrogen-bond donors (Lipinski definition) is 0. The summed E-state index contributed by atoms with van der Waals surface area (Å²) >= 11 is 0. The molecule has 0 saturated carbocycles. The van der Waals surface area contributed by atoms with Crippen molar-refractivity contribution in [1.82, 2.24) is 0 Å². The summed E-state index contributed by atoms with van der Waals surface area (Å²) < 4.78 is 0. The van der Waals surface area contributed by atoms with Crippen LogP contribution in [0.1, 0.15) is 19.3 Å². The molecular formula is C12H15Ir. The second kappa shape index (κ2) is 11.6. The molecule has 0 heterocycles. The minimum atomic E-state index is 0. The Labute approximate surface area is 95.5 Å². The number of rotatable bonds is 0. The van der Waals surface area contributed by atoms with E-state index in [9.17, 15) is 0 Å². The molecule has 72 valence electrons. The van der Waals surface area contributed by atoms with Crippen LogP contribution < -0.4 is 0 Å². The third kappa shape index (κ3) is 9.52. The van der Waals surface area contributed by atoms with E-state index in [0.717, 1.165) is 12.8 Å². The molecule has 2 aliphatic carbocycles. The molecular weight excluding hydrogens is 336 g/mol. The Balaban J connectivity index is 0. The van der Waals surface area contributed by atoms with Gasteiger partial charge in [-0.15, -0.1) is 12.8 Å². The van der Waals surface area contributed by atoms with Gasteiger partial charge in [-0.1, -0.05) is 6.42 Å². The quantitative estimate of drug-likeness (QED) is 0.587. The van der Waals surface area contributed by atoms with Crippen LogP contribution in [0.3, 0.4) is 0 Å². The van der Waals surface area contributed by atoms with Gasteiger partial charge >= 0.3 is 20.1 Å². The van der Waals surface area contributed by atoms with E-state index < -0.39 is 0 Å². The van der Waals surface area contributed by atoms with Crippen LogP contribution in [-0.4, -0.2) is 0 Å². The van der Waals surface area contributed by atoms with Crippen molar-refractivity contribution in [3.8, 4) is 0 Å². The van der Waals surface area contributed by atoms with E-state index in [2.05, 4.69) is 24.3 Å². The molecule has 0 bridgehead atoms. The second-order valence-corrected chi connectivity index (χ2v) is 2.34. The van der Waals surface area contributed by atoms with E-state index >= 15 is 0 Å². The van der Waals surface area contributed by atoms with Crippen molar-refractivity contribution in [3.05, 3.63) is 56.0 Å². The maximum Gasteiger partial charge on any atom is 3.00 e. The van der Waals surface area contributed by atoms with Crippen molar-refractivity contribution in [1.29, 1.82) is 0 Å². The molecule has 0 N–H and O–H groups in total. The molecule has 0 fully saturated rings.